The molecule has 0 amide bonds. The van der Waals surface area contributed by atoms with Crippen LogP contribution in [0.15, 0.2) is 48.5 Å². The van der Waals surface area contributed by atoms with E-state index in [4.69, 9.17) is 0 Å². The molecule has 0 saturated heterocycles. The Labute approximate surface area is 141 Å². The molecule has 1 aliphatic heterocycles. The molecule has 0 spiro atoms. The molecule has 1 N–H and O–H groups in total. The van der Waals surface area contributed by atoms with Gasteiger partial charge in [-0.1, -0.05) is 30.3 Å². The van der Waals surface area contributed by atoms with Gasteiger partial charge in [0.25, 0.3) is 0 Å². The van der Waals surface area contributed by atoms with Gasteiger partial charge in [-0.3, -0.25) is 4.31 Å². The van der Waals surface area contributed by atoms with E-state index in [0.29, 0.717) is 25.2 Å². The van der Waals surface area contributed by atoms with Gasteiger partial charge in [-0.05, 0) is 43.8 Å². The zero-order valence-electron chi connectivity index (χ0n) is 13.4. The van der Waals surface area contributed by atoms with E-state index in [1.165, 1.54) is 16.4 Å². The zero-order valence-corrected chi connectivity index (χ0v) is 14.3. The summed E-state index contributed by atoms with van der Waals surface area (Å²) in [6.07, 6.45) is 0.662. The molecule has 0 aromatic heterocycles. The first kappa shape index (κ1) is 16.7. The summed E-state index contributed by atoms with van der Waals surface area (Å²) in [7, 11) is -2.01. The number of hydrogen-bond donors (Lipinski definition) is 1. The summed E-state index contributed by atoms with van der Waals surface area (Å²) >= 11 is 0. The maximum Gasteiger partial charge on any atom is 0.326 e. The van der Waals surface area contributed by atoms with E-state index in [1.54, 1.807) is 18.2 Å². The van der Waals surface area contributed by atoms with Crippen LogP contribution >= 0.6 is 0 Å². The molecule has 2 aromatic rings. The summed E-state index contributed by atoms with van der Waals surface area (Å²) < 4.78 is 42.9. The lowest BCUT2D eigenvalue weighted by Crippen LogP contribution is -2.48. The second-order valence-corrected chi connectivity index (χ2v) is 7.40. The van der Waals surface area contributed by atoms with Gasteiger partial charge in [0.05, 0.1) is 17.9 Å². The maximum atomic E-state index is 14.2. The highest BCUT2D eigenvalue weighted by molar-refractivity contribution is 7.94. The standard InChI is InChI=1S/C17H20FN3O2S/c1-19-11-6-12-20-16-9-4-2-7-14(16)13-21(24(20,22)23)17-10-5-3-8-15(17)18/h2-5,7-10,19H,6,11-13H2,1H3. The van der Waals surface area contributed by atoms with Crippen molar-refractivity contribution in [2.24, 2.45) is 0 Å². The molecular formula is C17H20FN3O2S. The fourth-order valence-electron chi connectivity index (χ4n) is 2.87. The molecule has 128 valence electrons. The summed E-state index contributed by atoms with van der Waals surface area (Å²) in [4.78, 5) is 0. The number of nitrogens with zero attached hydrogens (tertiary/aromatic N) is 2. The molecule has 7 heteroatoms. The van der Waals surface area contributed by atoms with Crippen molar-refractivity contribution in [3.05, 3.63) is 59.9 Å². The summed E-state index contributed by atoms with van der Waals surface area (Å²) in [5, 5.41) is 3.02. The van der Waals surface area contributed by atoms with Crippen LogP contribution in [0.4, 0.5) is 15.8 Å². The number of rotatable bonds is 5. The Morgan fingerprint density at radius 1 is 1.08 bits per heavy atom. The number of halogens is 1. The first-order valence-electron chi connectivity index (χ1n) is 7.83. The summed E-state index contributed by atoms with van der Waals surface area (Å²) in [5.74, 6) is -0.546. The molecular weight excluding hydrogens is 329 g/mol. The van der Waals surface area contributed by atoms with Crippen LogP contribution in [0.1, 0.15) is 12.0 Å². The molecule has 1 aliphatic rings. The van der Waals surface area contributed by atoms with E-state index in [9.17, 15) is 12.8 Å². The minimum atomic E-state index is -3.83. The smallest absolute Gasteiger partial charge is 0.320 e. The lowest BCUT2D eigenvalue weighted by molar-refractivity contribution is 0.573. The summed E-state index contributed by atoms with van der Waals surface area (Å²) in [6, 6.07) is 13.3. The molecule has 0 atom stereocenters. The highest BCUT2D eigenvalue weighted by Gasteiger charge is 2.37. The van der Waals surface area contributed by atoms with Gasteiger partial charge in [0.2, 0.25) is 0 Å². The van der Waals surface area contributed by atoms with Gasteiger partial charge in [-0.15, -0.1) is 0 Å². The molecule has 0 unspecified atom stereocenters. The Kier molecular flexibility index (Phi) is 4.73. The number of para-hydroxylation sites is 2. The zero-order chi connectivity index (χ0) is 17.2. The van der Waals surface area contributed by atoms with Crippen molar-refractivity contribution >= 4 is 21.6 Å². The van der Waals surface area contributed by atoms with Gasteiger partial charge in [0.15, 0.2) is 0 Å². The summed E-state index contributed by atoms with van der Waals surface area (Å²) in [6.45, 7) is 1.17. The van der Waals surface area contributed by atoms with Crippen molar-refractivity contribution in [3.8, 4) is 0 Å². The van der Waals surface area contributed by atoms with Gasteiger partial charge in [0, 0.05) is 6.54 Å². The average molecular weight is 349 g/mol. The van der Waals surface area contributed by atoms with Gasteiger partial charge in [-0.2, -0.15) is 8.42 Å². The fourth-order valence-corrected chi connectivity index (χ4v) is 4.59. The van der Waals surface area contributed by atoms with Crippen molar-refractivity contribution in [1.29, 1.82) is 0 Å². The molecule has 0 bridgehead atoms. The largest absolute Gasteiger partial charge is 0.326 e. The van der Waals surface area contributed by atoms with E-state index in [2.05, 4.69) is 5.32 Å². The van der Waals surface area contributed by atoms with Gasteiger partial charge in [0.1, 0.15) is 5.82 Å². The molecule has 0 fully saturated rings. The number of benzene rings is 2. The highest BCUT2D eigenvalue weighted by atomic mass is 32.2. The lowest BCUT2D eigenvalue weighted by atomic mass is 10.1. The first-order chi connectivity index (χ1) is 11.6. The predicted octanol–water partition coefficient (Wildman–Crippen LogP) is 2.51. The topological polar surface area (TPSA) is 52.6 Å². The quantitative estimate of drug-likeness (QED) is 0.844. The third-order valence-electron chi connectivity index (χ3n) is 4.04. The normalized spacial score (nSPS) is 16.1. The van der Waals surface area contributed by atoms with E-state index in [-0.39, 0.29) is 12.2 Å². The molecule has 1 heterocycles. The van der Waals surface area contributed by atoms with E-state index < -0.39 is 16.0 Å². The average Bonchev–Trinajstić information content (AvgIpc) is 2.57. The first-order valence-corrected chi connectivity index (χ1v) is 9.23. The van der Waals surface area contributed by atoms with Crippen molar-refractivity contribution < 1.29 is 12.8 Å². The minimum absolute atomic E-state index is 0.0746. The molecule has 0 aliphatic carbocycles. The Bertz CT molecular complexity index is 826. The van der Waals surface area contributed by atoms with Crippen LogP contribution in [-0.4, -0.2) is 28.6 Å². The molecule has 5 nitrogen and oxygen atoms in total. The fraction of sp³-hybridized carbons (Fsp3) is 0.294. The molecule has 2 aromatic carbocycles. The summed E-state index contributed by atoms with van der Waals surface area (Å²) in [5.41, 5.74) is 1.60. The molecule has 0 saturated carbocycles. The molecule has 0 radical (unpaired) electrons. The van der Waals surface area contributed by atoms with Crippen molar-refractivity contribution in [1.82, 2.24) is 5.32 Å². The number of hydrogen-bond acceptors (Lipinski definition) is 3. The van der Waals surface area contributed by atoms with Gasteiger partial charge < -0.3 is 5.32 Å². The van der Waals surface area contributed by atoms with Crippen molar-refractivity contribution in [2.45, 2.75) is 13.0 Å². The number of nitrogens with one attached hydrogen (secondary N) is 1. The van der Waals surface area contributed by atoms with Crippen molar-refractivity contribution in [3.63, 3.8) is 0 Å². The van der Waals surface area contributed by atoms with E-state index in [1.807, 2.05) is 25.2 Å². The third-order valence-corrected chi connectivity index (χ3v) is 5.86. The van der Waals surface area contributed by atoms with Crippen LogP contribution in [0.5, 0.6) is 0 Å². The second kappa shape index (κ2) is 6.78. The monoisotopic (exact) mass is 349 g/mol. The predicted molar refractivity (Wildman–Crippen MR) is 93.8 cm³/mol. The van der Waals surface area contributed by atoms with E-state index >= 15 is 0 Å². The van der Waals surface area contributed by atoms with Gasteiger partial charge >= 0.3 is 10.2 Å². The Balaban J connectivity index is 2.06. The lowest BCUT2D eigenvalue weighted by Gasteiger charge is -2.38. The van der Waals surface area contributed by atoms with Crippen LogP contribution in [0.3, 0.4) is 0 Å². The maximum absolute atomic E-state index is 14.2. The Hall–Kier alpha value is -2.12. The van der Waals surface area contributed by atoms with Crippen LogP contribution in [0.2, 0.25) is 0 Å². The Morgan fingerprint density at radius 2 is 1.75 bits per heavy atom. The molecule has 3 rings (SSSR count). The van der Waals surface area contributed by atoms with Crippen LogP contribution < -0.4 is 13.9 Å². The Morgan fingerprint density at radius 3 is 2.46 bits per heavy atom. The van der Waals surface area contributed by atoms with Crippen LogP contribution in [0, 0.1) is 5.82 Å². The highest BCUT2D eigenvalue weighted by Crippen LogP contribution is 2.36. The van der Waals surface area contributed by atoms with Crippen LogP contribution in [0.25, 0.3) is 0 Å². The second-order valence-electron chi connectivity index (χ2n) is 5.62. The van der Waals surface area contributed by atoms with Crippen LogP contribution in [-0.2, 0) is 16.8 Å². The molecule has 24 heavy (non-hydrogen) atoms. The third kappa shape index (κ3) is 2.97. The number of anilines is 2. The number of fused-ring (bicyclic) bond motifs is 1. The van der Waals surface area contributed by atoms with E-state index in [0.717, 1.165) is 9.87 Å². The van der Waals surface area contributed by atoms with Crippen molar-refractivity contribution in [2.75, 3.05) is 28.7 Å². The SMILES string of the molecule is CNCCCN1c2ccccc2CN(c2ccccc2F)S1(=O)=O. The minimum Gasteiger partial charge on any atom is -0.320 e. The van der Waals surface area contributed by atoms with Gasteiger partial charge in [-0.25, -0.2) is 8.70 Å².